The fourth-order valence-corrected chi connectivity index (χ4v) is 4.97. The van der Waals surface area contributed by atoms with Crippen LogP contribution < -0.4 is 15.4 Å². The largest absolute Gasteiger partial charge is 0.444 e. The van der Waals surface area contributed by atoms with Crippen LogP contribution in [0.15, 0.2) is 79.4 Å². The van der Waals surface area contributed by atoms with Gasteiger partial charge in [-0.25, -0.2) is 4.98 Å². The smallest absolute Gasteiger partial charge is 0.324 e. The lowest BCUT2D eigenvalue weighted by Gasteiger charge is -2.09. The van der Waals surface area contributed by atoms with Crippen LogP contribution in [0, 0.1) is 17.0 Å². The zero-order valence-corrected chi connectivity index (χ0v) is 21.8. The van der Waals surface area contributed by atoms with Crippen LogP contribution in [0.2, 0.25) is 0 Å². The molecule has 0 bridgehead atoms. The number of thiazole rings is 1. The van der Waals surface area contributed by atoms with E-state index < -0.39 is 10.8 Å². The first-order valence-corrected chi connectivity index (χ1v) is 12.9. The van der Waals surface area contributed by atoms with Crippen LogP contribution in [-0.4, -0.2) is 22.9 Å². The van der Waals surface area contributed by atoms with Gasteiger partial charge in [0.25, 0.3) is 5.91 Å². The van der Waals surface area contributed by atoms with Crippen molar-refractivity contribution in [3.8, 4) is 22.1 Å². The first-order chi connectivity index (χ1) is 17.9. The number of anilines is 1. The molecule has 2 N–H and O–H groups in total. The van der Waals surface area contributed by atoms with E-state index in [1.54, 1.807) is 0 Å². The minimum atomic E-state index is -0.522. The lowest BCUT2D eigenvalue weighted by molar-refractivity contribution is -0.380. The van der Waals surface area contributed by atoms with Crippen molar-refractivity contribution in [1.82, 2.24) is 10.3 Å². The predicted molar refractivity (Wildman–Crippen MR) is 150 cm³/mol. The fourth-order valence-electron chi connectivity index (χ4n) is 3.40. The number of allylic oxidation sites excluding steroid dienone is 2. The fraction of sp³-hybridized carbons (Fsp3) is 0.111. The highest BCUT2D eigenvalue weighted by molar-refractivity contribution is 7.19. The third-order valence-electron chi connectivity index (χ3n) is 5.27. The number of carbonyl (C=O) groups is 1. The molecule has 2 aromatic carbocycles. The van der Waals surface area contributed by atoms with E-state index in [0.717, 1.165) is 40.1 Å². The van der Waals surface area contributed by atoms with Crippen molar-refractivity contribution in [3.05, 3.63) is 106 Å². The summed E-state index contributed by atoms with van der Waals surface area (Å²) in [4.78, 5) is 28.0. The first kappa shape index (κ1) is 25.8. The summed E-state index contributed by atoms with van der Waals surface area (Å²) in [5.41, 5.74) is 4.49. The number of nitrogens with zero attached hydrogens (tertiary/aromatic N) is 2. The van der Waals surface area contributed by atoms with Gasteiger partial charge in [0.05, 0.1) is 9.80 Å². The Morgan fingerprint density at radius 1 is 1.11 bits per heavy atom. The van der Waals surface area contributed by atoms with E-state index in [1.165, 1.54) is 23.5 Å². The molecule has 0 unspecified atom stereocenters. The van der Waals surface area contributed by atoms with Crippen molar-refractivity contribution in [3.63, 3.8) is 0 Å². The number of aromatic nitrogens is 1. The Labute approximate surface area is 222 Å². The second-order valence-electron chi connectivity index (χ2n) is 7.89. The van der Waals surface area contributed by atoms with E-state index in [0.29, 0.717) is 21.6 Å². The lowest BCUT2D eigenvalue weighted by Crippen LogP contribution is -2.09. The highest BCUT2D eigenvalue weighted by atomic mass is 32.1. The number of hydrogen-bond acceptors (Lipinski definition) is 8. The summed E-state index contributed by atoms with van der Waals surface area (Å²) < 4.78 is 6.16. The van der Waals surface area contributed by atoms with Crippen LogP contribution in [0.1, 0.15) is 27.2 Å². The highest BCUT2D eigenvalue weighted by Crippen LogP contribution is 2.41. The molecule has 0 aliphatic carbocycles. The maximum Gasteiger partial charge on any atom is 0.324 e. The number of aryl methyl sites for hydroxylation is 1. The first-order valence-electron chi connectivity index (χ1n) is 11.3. The van der Waals surface area contributed by atoms with Crippen molar-refractivity contribution >= 4 is 44.4 Å². The summed E-state index contributed by atoms with van der Waals surface area (Å²) >= 11 is 1.99. The van der Waals surface area contributed by atoms with Crippen molar-refractivity contribution in [2.75, 3.05) is 12.4 Å². The Kier molecular flexibility index (Phi) is 8.11. The number of ether oxygens (including phenoxy) is 1. The summed E-state index contributed by atoms with van der Waals surface area (Å²) in [6, 6.07) is 18.2. The van der Waals surface area contributed by atoms with E-state index in [9.17, 15) is 14.9 Å². The molecule has 10 heteroatoms. The SMILES string of the molecule is C=CC/C=C(/NC)c1ccc(-c2nc(NC(=O)c3ccc([N+](=O)[O-])s3)sc2Oc2ccc(C)cc2)cc1. The van der Waals surface area contributed by atoms with Gasteiger partial charge in [-0.1, -0.05) is 76.8 Å². The van der Waals surface area contributed by atoms with E-state index in [4.69, 9.17) is 4.74 Å². The average Bonchev–Trinajstić information content (AvgIpc) is 3.54. The third-order valence-corrected chi connectivity index (χ3v) is 7.16. The van der Waals surface area contributed by atoms with Crippen molar-refractivity contribution < 1.29 is 14.5 Å². The Morgan fingerprint density at radius 2 is 1.84 bits per heavy atom. The molecule has 0 spiro atoms. The molecule has 188 valence electrons. The van der Waals surface area contributed by atoms with Gasteiger partial charge in [-0.3, -0.25) is 20.2 Å². The normalized spacial score (nSPS) is 11.1. The molecule has 1 amide bonds. The Bertz CT molecular complexity index is 1450. The number of nitrogens with one attached hydrogen (secondary N) is 2. The lowest BCUT2D eigenvalue weighted by atomic mass is 10.1. The minimum Gasteiger partial charge on any atom is -0.444 e. The molecular weight excluding hydrogens is 508 g/mol. The van der Waals surface area contributed by atoms with Crippen molar-refractivity contribution in [2.24, 2.45) is 0 Å². The zero-order valence-electron chi connectivity index (χ0n) is 20.2. The Hall–Kier alpha value is -4.28. The van der Waals surface area contributed by atoms with Gasteiger partial charge in [0, 0.05) is 24.4 Å². The number of hydrogen-bond donors (Lipinski definition) is 2. The summed E-state index contributed by atoms with van der Waals surface area (Å²) in [5.74, 6) is 0.172. The molecule has 4 aromatic rings. The molecule has 2 heterocycles. The van der Waals surface area contributed by atoms with Gasteiger partial charge in [-0.05, 0) is 37.1 Å². The van der Waals surface area contributed by atoms with Gasteiger partial charge >= 0.3 is 5.00 Å². The second kappa shape index (κ2) is 11.6. The second-order valence-corrected chi connectivity index (χ2v) is 9.91. The molecule has 0 fully saturated rings. The van der Waals surface area contributed by atoms with Gasteiger partial charge in [-0.15, -0.1) is 6.58 Å². The van der Waals surface area contributed by atoms with Crippen LogP contribution in [0.25, 0.3) is 17.0 Å². The van der Waals surface area contributed by atoms with E-state index in [-0.39, 0.29) is 9.88 Å². The predicted octanol–water partition coefficient (Wildman–Crippen LogP) is 7.27. The van der Waals surface area contributed by atoms with Crippen LogP contribution >= 0.6 is 22.7 Å². The number of rotatable bonds is 10. The Morgan fingerprint density at radius 3 is 2.46 bits per heavy atom. The monoisotopic (exact) mass is 532 g/mol. The standard InChI is InChI=1S/C27H24N4O4S2/c1-4-5-6-21(28-3)18-9-11-19(12-10-18)24-26(35-20-13-7-17(2)8-14-20)37-27(29-24)30-25(32)22-15-16-23(36-22)31(33)34/h4,6-16,28H,1,5H2,2-3H3,(H,29,30,32)/b21-6+. The topological polar surface area (TPSA) is 106 Å². The van der Waals surface area contributed by atoms with Gasteiger partial charge < -0.3 is 10.1 Å². The van der Waals surface area contributed by atoms with Crippen LogP contribution in [0.5, 0.6) is 10.8 Å². The van der Waals surface area contributed by atoms with E-state index in [1.807, 2.05) is 68.6 Å². The van der Waals surface area contributed by atoms with Gasteiger partial charge in [0.15, 0.2) is 5.13 Å². The van der Waals surface area contributed by atoms with Crippen LogP contribution in [0.4, 0.5) is 10.1 Å². The number of amides is 1. The zero-order chi connectivity index (χ0) is 26.4. The summed E-state index contributed by atoms with van der Waals surface area (Å²) in [5, 5.41) is 17.7. The highest BCUT2D eigenvalue weighted by Gasteiger charge is 2.20. The van der Waals surface area contributed by atoms with Crippen molar-refractivity contribution in [1.29, 1.82) is 0 Å². The molecule has 8 nitrogen and oxygen atoms in total. The summed E-state index contributed by atoms with van der Waals surface area (Å²) in [7, 11) is 1.87. The van der Waals surface area contributed by atoms with Gasteiger partial charge in [0.2, 0.25) is 5.06 Å². The molecule has 2 aromatic heterocycles. The maximum atomic E-state index is 12.7. The van der Waals surface area contributed by atoms with Crippen molar-refractivity contribution in [2.45, 2.75) is 13.3 Å². The van der Waals surface area contributed by atoms with Crippen LogP contribution in [0.3, 0.4) is 0 Å². The van der Waals surface area contributed by atoms with Gasteiger partial charge in [0.1, 0.15) is 11.4 Å². The Balaban J connectivity index is 1.65. The molecule has 0 radical (unpaired) electrons. The molecule has 4 rings (SSSR count). The van der Waals surface area contributed by atoms with Crippen LogP contribution in [-0.2, 0) is 0 Å². The van der Waals surface area contributed by atoms with Gasteiger partial charge in [-0.2, -0.15) is 0 Å². The third kappa shape index (κ3) is 6.29. The van der Waals surface area contributed by atoms with E-state index in [2.05, 4.69) is 28.3 Å². The van der Waals surface area contributed by atoms with E-state index >= 15 is 0 Å². The summed E-state index contributed by atoms with van der Waals surface area (Å²) in [6.07, 6.45) is 4.63. The number of nitro groups is 1. The number of thiophene rings is 1. The number of benzene rings is 2. The molecule has 0 saturated heterocycles. The molecule has 0 saturated carbocycles. The minimum absolute atomic E-state index is 0.100. The average molecular weight is 533 g/mol. The quantitative estimate of drug-likeness (QED) is 0.126. The molecule has 0 aliphatic rings. The maximum absolute atomic E-state index is 12.7. The molecule has 37 heavy (non-hydrogen) atoms. The molecule has 0 atom stereocenters. The number of carbonyl (C=O) groups excluding carboxylic acids is 1. The summed E-state index contributed by atoms with van der Waals surface area (Å²) in [6.45, 7) is 5.76. The molecule has 0 aliphatic heterocycles. The molecular formula is C27H24N4O4S2.